The topological polar surface area (TPSA) is 44.5 Å². The maximum Gasteiger partial charge on any atom is 0.146 e. The Balaban J connectivity index is 1.90. The first kappa shape index (κ1) is 12.9. The average molecular weight is 269 g/mol. The number of rotatable bonds is 3. The fraction of sp³-hybridized carbons (Fsp3) is 0.294. The van der Waals surface area contributed by atoms with Crippen LogP contribution >= 0.6 is 0 Å². The van der Waals surface area contributed by atoms with Gasteiger partial charge in [0.2, 0.25) is 0 Å². The summed E-state index contributed by atoms with van der Waals surface area (Å²) in [5.74, 6) is 1.36. The molecule has 2 aromatic carbocycles. The average Bonchev–Trinajstić information content (AvgIpc) is 2.50. The van der Waals surface area contributed by atoms with Crippen LogP contribution in [0.2, 0.25) is 0 Å². The second kappa shape index (κ2) is 5.45. The molecule has 0 amide bonds. The summed E-state index contributed by atoms with van der Waals surface area (Å²) in [4.78, 5) is 0. The molecule has 0 radical (unpaired) electrons. The van der Waals surface area contributed by atoms with Crippen molar-refractivity contribution in [3.63, 3.8) is 0 Å². The molecular weight excluding hydrogens is 250 g/mol. The van der Waals surface area contributed by atoms with Crippen LogP contribution < -0.4 is 15.2 Å². The highest BCUT2D eigenvalue weighted by molar-refractivity contribution is 5.62. The quantitative estimate of drug-likeness (QED) is 0.863. The van der Waals surface area contributed by atoms with Crippen LogP contribution in [0.4, 0.5) is 5.69 Å². The van der Waals surface area contributed by atoms with Gasteiger partial charge in [0.25, 0.3) is 0 Å². The van der Waals surface area contributed by atoms with Crippen LogP contribution in [-0.2, 0) is 6.42 Å². The van der Waals surface area contributed by atoms with Crippen molar-refractivity contribution in [1.29, 1.82) is 0 Å². The summed E-state index contributed by atoms with van der Waals surface area (Å²) in [7, 11) is 1.62. The molecule has 0 aromatic heterocycles. The lowest BCUT2D eigenvalue weighted by molar-refractivity contribution is 0.184. The third-order valence-electron chi connectivity index (χ3n) is 3.83. The molecule has 1 aliphatic carbocycles. The van der Waals surface area contributed by atoms with Gasteiger partial charge in [-0.15, -0.1) is 0 Å². The molecule has 104 valence electrons. The number of fused-ring (bicyclic) bond motifs is 1. The smallest absolute Gasteiger partial charge is 0.146 e. The van der Waals surface area contributed by atoms with E-state index in [2.05, 4.69) is 24.3 Å². The van der Waals surface area contributed by atoms with Crippen LogP contribution in [-0.4, -0.2) is 7.11 Å². The van der Waals surface area contributed by atoms with Gasteiger partial charge in [0, 0.05) is 0 Å². The zero-order chi connectivity index (χ0) is 13.9. The van der Waals surface area contributed by atoms with Crippen LogP contribution in [0.15, 0.2) is 42.5 Å². The van der Waals surface area contributed by atoms with E-state index in [0.717, 1.165) is 19.3 Å². The van der Waals surface area contributed by atoms with Gasteiger partial charge in [0.15, 0.2) is 0 Å². The number of hydrogen-bond acceptors (Lipinski definition) is 3. The summed E-state index contributed by atoms with van der Waals surface area (Å²) in [5, 5.41) is 0. The normalized spacial score (nSPS) is 17.4. The standard InChI is InChI=1S/C17H19NO2/c1-19-15-10-5-11-16(17(15)18)20-14-9-4-7-12-6-2-3-8-13(12)14/h2-3,5-6,8,10-11,14H,4,7,9,18H2,1H3. The minimum atomic E-state index is 0.0781. The van der Waals surface area contributed by atoms with E-state index in [9.17, 15) is 0 Å². The third-order valence-corrected chi connectivity index (χ3v) is 3.83. The SMILES string of the molecule is COc1cccc(OC2CCCc3ccccc32)c1N. The summed E-state index contributed by atoms with van der Waals surface area (Å²) >= 11 is 0. The van der Waals surface area contributed by atoms with Gasteiger partial charge in [-0.05, 0) is 42.5 Å². The molecule has 0 saturated heterocycles. The zero-order valence-corrected chi connectivity index (χ0v) is 11.6. The first-order chi connectivity index (χ1) is 9.79. The number of methoxy groups -OCH3 is 1. The number of nitrogen functional groups attached to an aromatic ring is 1. The van der Waals surface area contributed by atoms with Crippen LogP contribution in [0.3, 0.4) is 0 Å². The number of aryl methyl sites for hydroxylation is 1. The summed E-state index contributed by atoms with van der Waals surface area (Å²) in [6.07, 6.45) is 3.37. The Morgan fingerprint density at radius 1 is 1.05 bits per heavy atom. The second-order valence-corrected chi connectivity index (χ2v) is 5.07. The van der Waals surface area contributed by atoms with Crippen molar-refractivity contribution in [2.75, 3.05) is 12.8 Å². The minimum absolute atomic E-state index is 0.0781. The summed E-state index contributed by atoms with van der Waals surface area (Å²) < 4.78 is 11.4. The predicted octanol–water partition coefficient (Wildman–Crippen LogP) is 3.73. The van der Waals surface area contributed by atoms with Gasteiger partial charge in [-0.1, -0.05) is 30.3 Å². The van der Waals surface area contributed by atoms with E-state index in [0.29, 0.717) is 17.2 Å². The minimum Gasteiger partial charge on any atom is -0.494 e. The summed E-state index contributed by atoms with van der Waals surface area (Å²) in [5.41, 5.74) is 9.31. The lowest BCUT2D eigenvalue weighted by atomic mass is 9.89. The number of benzene rings is 2. The van der Waals surface area contributed by atoms with Crippen molar-refractivity contribution < 1.29 is 9.47 Å². The van der Waals surface area contributed by atoms with Gasteiger partial charge < -0.3 is 15.2 Å². The lowest BCUT2D eigenvalue weighted by Gasteiger charge is -2.27. The lowest BCUT2D eigenvalue weighted by Crippen LogP contribution is -2.15. The molecule has 1 aliphatic rings. The Labute approximate surface area is 119 Å². The highest BCUT2D eigenvalue weighted by Gasteiger charge is 2.22. The molecule has 3 heteroatoms. The van der Waals surface area contributed by atoms with Crippen molar-refractivity contribution in [3.05, 3.63) is 53.6 Å². The Morgan fingerprint density at radius 2 is 1.85 bits per heavy atom. The number of nitrogens with two attached hydrogens (primary N) is 1. The fourth-order valence-corrected chi connectivity index (χ4v) is 2.79. The largest absolute Gasteiger partial charge is 0.494 e. The zero-order valence-electron chi connectivity index (χ0n) is 11.6. The van der Waals surface area contributed by atoms with Gasteiger partial charge in [-0.2, -0.15) is 0 Å². The van der Waals surface area contributed by atoms with E-state index < -0.39 is 0 Å². The van der Waals surface area contributed by atoms with Crippen molar-refractivity contribution in [1.82, 2.24) is 0 Å². The van der Waals surface area contributed by atoms with E-state index in [4.69, 9.17) is 15.2 Å². The van der Waals surface area contributed by atoms with Gasteiger partial charge in [0.1, 0.15) is 23.3 Å². The van der Waals surface area contributed by atoms with Crippen LogP contribution in [0.5, 0.6) is 11.5 Å². The molecule has 0 bridgehead atoms. The van der Waals surface area contributed by atoms with Crippen LogP contribution in [0, 0.1) is 0 Å². The highest BCUT2D eigenvalue weighted by Crippen LogP contribution is 2.38. The van der Waals surface area contributed by atoms with Gasteiger partial charge in [-0.3, -0.25) is 0 Å². The van der Waals surface area contributed by atoms with Crippen LogP contribution in [0.1, 0.15) is 30.1 Å². The first-order valence-electron chi connectivity index (χ1n) is 6.96. The number of para-hydroxylation sites is 1. The number of hydrogen-bond donors (Lipinski definition) is 1. The number of anilines is 1. The first-order valence-corrected chi connectivity index (χ1v) is 6.96. The molecule has 2 aromatic rings. The molecular formula is C17H19NO2. The van der Waals surface area contributed by atoms with E-state index in [1.54, 1.807) is 7.11 Å². The van der Waals surface area contributed by atoms with Gasteiger partial charge >= 0.3 is 0 Å². The van der Waals surface area contributed by atoms with Crippen molar-refractivity contribution in [2.45, 2.75) is 25.4 Å². The Bertz CT molecular complexity index is 610. The van der Waals surface area contributed by atoms with Gasteiger partial charge in [0.05, 0.1) is 7.11 Å². The van der Waals surface area contributed by atoms with E-state index in [1.165, 1.54) is 11.1 Å². The third kappa shape index (κ3) is 2.31. The Morgan fingerprint density at radius 3 is 2.70 bits per heavy atom. The van der Waals surface area contributed by atoms with Crippen molar-refractivity contribution in [3.8, 4) is 11.5 Å². The molecule has 3 nitrogen and oxygen atoms in total. The van der Waals surface area contributed by atoms with Crippen LogP contribution in [0.25, 0.3) is 0 Å². The predicted molar refractivity (Wildman–Crippen MR) is 80.2 cm³/mol. The fourth-order valence-electron chi connectivity index (χ4n) is 2.79. The van der Waals surface area contributed by atoms with Crippen molar-refractivity contribution in [2.24, 2.45) is 0 Å². The van der Waals surface area contributed by atoms with E-state index >= 15 is 0 Å². The molecule has 0 spiro atoms. The molecule has 0 heterocycles. The molecule has 20 heavy (non-hydrogen) atoms. The molecule has 1 unspecified atom stereocenters. The van der Waals surface area contributed by atoms with Gasteiger partial charge in [-0.25, -0.2) is 0 Å². The van der Waals surface area contributed by atoms with Crippen molar-refractivity contribution >= 4 is 5.69 Å². The Hall–Kier alpha value is -2.16. The summed E-state index contributed by atoms with van der Waals surface area (Å²) in [6, 6.07) is 14.1. The number of ether oxygens (including phenoxy) is 2. The van der Waals surface area contributed by atoms with E-state index in [1.807, 2.05) is 18.2 Å². The Kier molecular flexibility index (Phi) is 3.50. The maximum atomic E-state index is 6.15. The second-order valence-electron chi connectivity index (χ2n) is 5.07. The molecule has 3 rings (SSSR count). The molecule has 0 saturated carbocycles. The molecule has 0 fully saturated rings. The molecule has 1 atom stereocenters. The monoisotopic (exact) mass is 269 g/mol. The molecule has 0 aliphatic heterocycles. The summed E-state index contributed by atoms with van der Waals surface area (Å²) in [6.45, 7) is 0. The maximum absolute atomic E-state index is 6.15. The molecule has 2 N–H and O–H groups in total. The van der Waals surface area contributed by atoms with E-state index in [-0.39, 0.29) is 6.10 Å². The highest BCUT2D eigenvalue weighted by atomic mass is 16.5.